The molecule has 2 atom stereocenters. The number of carbonyl (C=O) groups is 1. The van der Waals surface area contributed by atoms with Crippen LogP contribution in [0, 0.1) is 5.92 Å². The normalized spacial score (nSPS) is 23.4. The van der Waals surface area contributed by atoms with Gasteiger partial charge in [-0.15, -0.1) is 0 Å². The monoisotopic (exact) mass is 260 g/mol. The summed E-state index contributed by atoms with van der Waals surface area (Å²) < 4.78 is 0. The predicted molar refractivity (Wildman–Crippen MR) is 77.7 cm³/mol. The Hall–Kier alpha value is -1.35. The molecule has 0 bridgehead atoms. The number of rotatable bonds is 4. The van der Waals surface area contributed by atoms with Crippen LogP contribution in [-0.2, 0) is 11.2 Å². The van der Waals surface area contributed by atoms with Gasteiger partial charge in [0.15, 0.2) is 0 Å². The maximum Gasteiger partial charge on any atom is 0.224 e. The molecule has 1 amide bonds. The van der Waals surface area contributed by atoms with E-state index >= 15 is 0 Å². The summed E-state index contributed by atoms with van der Waals surface area (Å²) in [7, 11) is 0. The highest BCUT2D eigenvalue weighted by Gasteiger charge is 2.38. The molecule has 0 radical (unpaired) electrons. The lowest BCUT2D eigenvalue weighted by atomic mass is 9.98. The largest absolute Gasteiger partial charge is 0.334 e. The van der Waals surface area contributed by atoms with Crippen LogP contribution >= 0.6 is 0 Å². The van der Waals surface area contributed by atoms with Crippen molar-refractivity contribution in [3.63, 3.8) is 0 Å². The zero-order valence-electron chi connectivity index (χ0n) is 12.1. The van der Waals surface area contributed by atoms with Crippen LogP contribution in [-0.4, -0.2) is 23.4 Å². The zero-order valence-corrected chi connectivity index (χ0v) is 12.1. The van der Waals surface area contributed by atoms with Crippen molar-refractivity contribution in [1.82, 2.24) is 4.90 Å². The lowest BCUT2D eigenvalue weighted by molar-refractivity contribution is -0.129. The van der Waals surface area contributed by atoms with Crippen LogP contribution in [0.4, 0.5) is 0 Å². The Morgan fingerprint density at radius 3 is 2.47 bits per heavy atom. The molecule has 1 aliphatic heterocycles. The molecule has 0 aliphatic carbocycles. The molecule has 2 unspecified atom stereocenters. The number of hydrogen-bond acceptors (Lipinski definition) is 2. The number of nitrogens with zero attached hydrogens (tertiary/aromatic N) is 1. The maximum atomic E-state index is 12.1. The molecule has 3 heteroatoms. The van der Waals surface area contributed by atoms with Crippen molar-refractivity contribution in [3.05, 3.63) is 35.4 Å². The highest BCUT2D eigenvalue weighted by molar-refractivity contribution is 5.80. The first-order valence-electron chi connectivity index (χ1n) is 7.16. The van der Waals surface area contributed by atoms with Gasteiger partial charge in [-0.05, 0) is 23.5 Å². The van der Waals surface area contributed by atoms with Crippen LogP contribution in [0.15, 0.2) is 24.3 Å². The van der Waals surface area contributed by atoms with Crippen LogP contribution in [0.25, 0.3) is 0 Å². The second kappa shape index (κ2) is 5.74. The van der Waals surface area contributed by atoms with Crippen LogP contribution in [0.3, 0.4) is 0 Å². The average Bonchev–Trinajstić information content (AvgIpc) is 2.64. The van der Waals surface area contributed by atoms with Gasteiger partial charge in [-0.1, -0.05) is 45.0 Å². The van der Waals surface area contributed by atoms with Crippen molar-refractivity contribution >= 4 is 5.91 Å². The number of likely N-dealkylation sites (tertiary alicyclic amines) is 1. The van der Waals surface area contributed by atoms with Gasteiger partial charge in [-0.2, -0.15) is 0 Å². The Kier molecular flexibility index (Phi) is 4.25. The Bertz CT molecular complexity index is 439. The van der Waals surface area contributed by atoms with Gasteiger partial charge >= 0.3 is 0 Å². The fourth-order valence-electron chi connectivity index (χ4n) is 2.80. The minimum atomic E-state index is -0.0845. The van der Waals surface area contributed by atoms with E-state index in [1.807, 2.05) is 4.90 Å². The standard InChI is InChI=1S/C16H24N2O/c1-4-12-5-7-13(8-6-12)16-14(17)9-15(19)18(16)10-11(2)3/h5-8,11,14,16H,4,9-10,17H2,1-3H3. The quantitative estimate of drug-likeness (QED) is 0.904. The van der Waals surface area contributed by atoms with E-state index < -0.39 is 0 Å². The summed E-state index contributed by atoms with van der Waals surface area (Å²) in [5.74, 6) is 0.650. The number of hydrogen-bond donors (Lipinski definition) is 1. The molecule has 1 aromatic carbocycles. The second-order valence-corrected chi connectivity index (χ2v) is 5.85. The number of carbonyl (C=O) groups excluding carboxylic acids is 1. The van der Waals surface area contributed by atoms with E-state index in [9.17, 15) is 4.79 Å². The van der Waals surface area contributed by atoms with Crippen LogP contribution < -0.4 is 5.73 Å². The first-order valence-corrected chi connectivity index (χ1v) is 7.16. The minimum Gasteiger partial charge on any atom is -0.334 e. The van der Waals surface area contributed by atoms with E-state index in [2.05, 4.69) is 45.0 Å². The summed E-state index contributed by atoms with van der Waals surface area (Å²) in [5, 5.41) is 0. The SMILES string of the molecule is CCc1ccc(C2C(N)CC(=O)N2CC(C)C)cc1. The lowest BCUT2D eigenvalue weighted by Crippen LogP contribution is -2.35. The zero-order chi connectivity index (χ0) is 14.0. The molecule has 0 spiro atoms. The van der Waals surface area contributed by atoms with E-state index in [-0.39, 0.29) is 18.0 Å². The molecule has 1 aliphatic rings. The Balaban J connectivity index is 2.25. The van der Waals surface area contributed by atoms with Crippen molar-refractivity contribution in [2.75, 3.05) is 6.54 Å². The molecule has 2 N–H and O–H groups in total. The van der Waals surface area contributed by atoms with Gasteiger partial charge in [-0.3, -0.25) is 4.79 Å². The molecule has 2 rings (SSSR count). The fraction of sp³-hybridized carbons (Fsp3) is 0.562. The number of nitrogens with two attached hydrogens (primary N) is 1. The molecule has 104 valence electrons. The average molecular weight is 260 g/mol. The molecule has 0 aromatic heterocycles. The van der Waals surface area contributed by atoms with Crippen LogP contribution in [0.2, 0.25) is 0 Å². The predicted octanol–water partition coefficient (Wildman–Crippen LogP) is 2.51. The molecular weight excluding hydrogens is 236 g/mol. The molecular formula is C16H24N2O. The van der Waals surface area contributed by atoms with E-state index in [1.54, 1.807) is 0 Å². The number of amides is 1. The third-order valence-electron chi connectivity index (χ3n) is 3.76. The molecule has 1 aromatic rings. The maximum absolute atomic E-state index is 12.1. The van der Waals surface area contributed by atoms with Gasteiger partial charge in [0.05, 0.1) is 6.04 Å². The summed E-state index contributed by atoms with van der Waals surface area (Å²) in [5.41, 5.74) is 8.66. The van der Waals surface area contributed by atoms with Gasteiger partial charge in [0, 0.05) is 19.0 Å². The lowest BCUT2D eigenvalue weighted by Gasteiger charge is -2.29. The Morgan fingerprint density at radius 1 is 1.32 bits per heavy atom. The highest BCUT2D eigenvalue weighted by atomic mass is 16.2. The first-order chi connectivity index (χ1) is 9.02. The molecule has 1 saturated heterocycles. The fourth-order valence-corrected chi connectivity index (χ4v) is 2.80. The summed E-state index contributed by atoms with van der Waals surface area (Å²) in [6.45, 7) is 7.19. The number of aryl methyl sites for hydroxylation is 1. The Morgan fingerprint density at radius 2 is 1.95 bits per heavy atom. The van der Waals surface area contributed by atoms with E-state index in [0.717, 1.165) is 18.5 Å². The first kappa shape index (κ1) is 14.1. The van der Waals surface area contributed by atoms with E-state index in [0.29, 0.717) is 12.3 Å². The molecule has 0 saturated carbocycles. The van der Waals surface area contributed by atoms with Gasteiger partial charge < -0.3 is 10.6 Å². The van der Waals surface area contributed by atoms with Crippen molar-refractivity contribution in [3.8, 4) is 0 Å². The van der Waals surface area contributed by atoms with Gasteiger partial charge in [0.25, 0.3) is 0 Å². The number of benzene rings is 1. The van der Waals surface area contributed by atoms with Gasteiger partial charge in [-0.25, -0.2) is 0 Å². The van der Waals surface area contributed by atoms with Crippen LogP contribution in [0.5, 0.6) is 0 Å². The van der Waals surface area contributed by atoms with Crippen molar-refractivity contribution in [1.29, 1.82) is 0 Å². The second-order valence-electron chi connectivity index (χ2n) is 5.85. The third kappa shape index (κ3) is 2.98. The van der Waals surface area contributed by atoms with Gasteiger partial charge in [0.2, 0.25) is 5.91 Å². The van der Waals surface area contributed by atoms with Crippen molar-refractivity contribution in [2.24, 2.45) is 11.7 Å². The topological polar surface area (TPSA) is 46.3 Å². The summed E-state index contributed by atoms with van der Waals surface area (Å²) in [6, 6.07) is 8.47. The van der Waals surface area contributed by atoms with Crippen LogP contribution in [0.1, 0.15) is 44.4 Å². The smallest absolute Gasteiger partial charge is 0.224 e. The summed E-state index contributed by atoms with van der Waals surface area (Å²) >= 11 is 0. The molecule has 1 heterocycles. The third-order valence-corrected chi connectivity index (χ3v) is 3.76. The summed E-state index contributed by atoms with van der Waals surface area (Å²) in [4.78, 5) is 14.0. The molecule has 19 heavy (non-hydrogen) atoms. The van der Waals surface area contributed by atoms with E-state index in [4.69, 9.17) is 5.73 Å². The van der Waals surface area contributed by atoms with Crippen molar-refractivity contribution in [2.45, 2.75) is 45.7 Å². The highest BCUT2D eigenvalue weighted by Crippen LogP contribution is 2.32. The molecule has 1 fully saturated rings. The minimum absolute atomic E-state index is 0.0424. The Labute approximate surface area is 115 Å². The van der Waals surface area contributed by atoms with E-state index in [1.165, 1.54) is 5.56 Å². The summed E-state index contributed by atoms with van der Waals surface area (Å²) in [6.07, 6.45) is 1.50. The molecule has 3 nitrogen and oxygen atoms in total. The van der Waals surface area contributed by atoms with Gasteiger partial charge in [0.1, 0.15) is 0 Å². The van der Waals surface area contributed by atoms with Crippen molar-refractivity contribution < 1.29 is 4.79 Å².